The lowest BCUT2D eigenvalue weighted by atomic mass is 9.88. The van der Waals surface area contributed by atoms with E-state index in [0.717, 1.165) is 33.4 Å². The number of fused-ring (bicyclic) bond motifs is 2. The highest BCUT2D eigenvalue weighted by molar-refractivity contribution is 5.79. The molecule has 111 heavy (non-hydrogen) atoms. The van der Waals surface area contributed by atoms with E-state index in [9.17, 15) is 4.79 Å². The van der Waals surface area contributed by atoms with Crippen LogP contribution in [0.25, 0.3) is 0 Å². The molecule has 6 aromatic carbocycles. The highest BCUT2D eigenvalue weighted by Gasteiger charge is 2.63. The number of hydrogen-bond donors (Lipinski definition) is 1. The van der Waals surface area contributed by atoms with E-state index in [1.807, 2.05) is 224 Å². The van der Waals surface area contributed by atoms with E-state index in [-0.39, 0.29) is 70.6 Å². The summed E-state index contributed by atoms with van der Waals surface area (Å²) >= 11 is 0. The number of benzene rings is 6. The van der Waals surface area contributed by atoms with Gasteiger partial charge in [-0.2, -0.15) is 0 Å². The third-order valence-corrected chi connectivity index (χ3v) is 22.5. The van der Waals surface area contributed by atoms with E-state index in [4.69, 9.17) is 105 Å². The Labute approximate surface area is 652 Å². The van der Waals surface area contributed by atoms with Crippen molar-refractivity contribution in [3.8, 4) is 0 Å². The molecule has 8 aliphatic rings. The zero-order chi connectivity index (χ0) is 77.3. The van der Waals surface area contributed by atoms with E-state index >= 15 is 0 Å². The van der Waals surface area contributed by atoms with Gasteiger partial charge < -0.3 is 105 Å². The van der Waals surface area contributed by atoms with Crippen LogP contribution in [0.1, 0.15) is 122 Å². The molecule has 8 heterocycles. The molecular weight excluding hydrogens is 1420 g/mol. The summed E-state index contributed by atoms with van der Waals surface area (Å²) in [4.78, 5) is 13.4. The molecule has 28 atom stereocenters. The van der Waals surface area contributed by atoms with Gasteiger partial charge in [-0.25, -0.2) is 0 Å². The van der Waals surface area contributed by atoms with Crippen LogP contribution in [-0.4, -0.2) is 185 Å². The SMILES string of the molecule is CC(=N)C[C@H]1OC(C)[C@@H](OC(C)=O)C(O[C@@H]2OC(C)[C@H](C)[C@H]3OC(C)(C)OC23)[C@H]1O[C@H]1OC(C)[C@@H](O[C@H]2OC[C@@H](C)C(O[C@H]3OC[C@]4(COCc5ccccc5)O[C@@H](c5ccccc5)OC34)[C@H]2OCc2ccccc2)C(O[C@H]2OC(COCc3ccccc3)[C@@H](OCc3ccccc3)C(OCc3ccccc3)[C@H]2C)[C@@H]1C. The molecule has 8 aliphatic heterocycles. The number of carbonyl (C=O) groups excluding carboxylic acids is 1. The fourth-order valence-electron chi connectivity index (χ4n) is 16.5. The van der Waals surface area contributed by atoms with Gasteiger partial charge in [0.2, 0.25) is 0 Å². The van der Waals surface area contributed by atoms with Gasteiger partial charge in [-0.3, -0.25) is 4.79 Å². The molecule has 600 valence electrons. The minimum absolute atomic E-state index is 0.0691. The number of nitrogens with one attached hydrogen (secondary N) is 1. The first kappa shape index (κ1) is 81.2. The van der Waals surface area contributed by atoms with Crippen molar-refractivity contribution >= 4 is 11.7 Å². The van der Waals surface area contributed by atoms with Gasteiger partial charge in [0.1, 0.15) is 54.4 Å². The summed E-state index contributed by atoms with van der Waals surface area (Å²) in [5.41, 5.74) is 4.95. The van der Waals surface area contributed by atoms with E-state index < -0.39 is 165 Å². The fraction of sp³-hybridized carbons (Fsp3) is 0.568. The summed E-state index contributed by atoms with van der Waals surface area (Å²) in [6.07, 6.45) is -19.5. The number of carbonyl (C=O) groups is 1. The lowest BCUT2D eigenvalue weighted by molar-refractivity contribution is -0.388. The van der Waals surface area contributed by atoms with Gasteiger partial charge in [-0.1, -0.05) is 210 Å². The lowest BCUT2D eigenvalue weighted by Crippen LogP contribution is -2.66. The quantitative estimate of drug-likeness (QED) is 0.0315. The molecular formula is C88H111NO22. The third-order valence-electron chi connectivity index (χ3n) is 22.5. The first-order valence-corrected chi connectivity index (χ1v) is 39.5. The largest absolute Gasteiger partial charge is 0.457 e. The average molecular weight is 1530 g/mol. The fourth-order valence-corrected chi connectivity index (χ4v) is 16.5. The van der Waals surface area contributed by atoms with E-state index in [1.165, 1.54) is 6.92 Å². The Balaban J connectivity index is 0.821. The van der Waals surface area contributed by atoms with Crippen molar-refractivity contribution in [1.82, 2.24) is 0 Å². The molecule has 0 aliphatic carbocycles. The molecule has 0 amide bonds. The highest BCUT2D eigenvalue weighted by Crippen LogP contribution is 2.49. The molecule has 0 bridgehead atoms. The molecule has 0 saturated carbocycles. The molecule has 23 heteroatoms. The molecule has 0 aromatic heterocycles. The Bertz CT molecular complexity index is 3860. The second kappa shape index (κ2) is 37.1. The van der Waals surface area contributed by atoms with Crippen LogP contribution in [0.3, 0.4) is 0 Å². The van der Waals surface area contributed by atoms with Crippen LogP contribution in [0, 0.1) is 29.1 Å². The minimum atomic E-state index is -1.15. The van der Waals surface area contributed by atoms with Gasteiger partial charge in [0, 0.05) is 48.3 Å². The topological polar surface area (TPSA) is 235 Å². The second-order valence-corrected chi connectivity index (χ2v) is 31.6. The predicted molar refractivity (Wildman–Crippen MR) is 405 cm³/mol. The van der Waals surface area contributed by atoms with Gasteiger partial charge in [0.15, 0.2) is 49.6 Å². The van der Waals surface area contributed by atoms with Crippen LogP contribution in [-0.2, 0) is 137 Å². The highest BCUT2D eigenvalue weighted by atomic mass is 16.8. The molecule has 8 saturated heterocycles. The molecule has 14 rings (SSSR count). The third kappa shape index (κ3) is 19.6. The second-order valence-electron chi connectivity index (χ2n) is 31.6. The lowest BCUT2D eigenvalue weighted by Gasteiger charge is -2.52. The van der Waals surface area contributed by atoms with Gasteiger partial charge in [0.25, 0.3) is 0 Å². The Morgan fingerprint density at radius 2 is 0.910 bits per heavy atom. The first-order valence-electron chi connectivity index (χ1n) is 39.5. The van der Waals surface area contributed by atoms with Crippen LogP contribution in [0.5, 0.6) is 0 Å². The maximum absolute atomic E-state index is 13.4. The number of hydrogen-bond acceptors (Lipinski definition) is 23. The summed E-state index contributed by atoms with van der Waals surface area (Å²) in [7, 11) is 0. The zero-order valence-corrected chi connectivity index (χ0v) is 65.5. The van der Waals surface area contributed by atoms with Crippen molar-refractivity contribution in [2.45, 2.75) is 269 Å². The van der Waals surface area contributed by atoms with Gasteiger partial charge in [0.05, 0.1) is 108 Å². The average Bonchev–Trinajstić information content (AvgIpc) is 1.63. The van der Waals surface area contributed by atoms with Gasteiger partial charge in [-0.05, 0) is 69.4 Å². The summed E-state index contributed by atoms with van der Waals surface area (Å²) < 4.78 is 147. The molecule has 8 fully saturated rings. The maximum atomic E-state index is 13.4. The van der Waals surface area contributed by atoms with Crippen molar-refractivity contribution in [2.75, 3.05) is 26.4 Å². The maximum Gasteiger partial charge on any atom is 0.303 e. The molecule has 0 radical (unpaired) electrons. The Morgan fingerprint density at radius 1 is 0.423 bits per heavy atom. The molecule has 23 nitrogen and oxygen atoms in total. The standard InChI is InChI=1S/C88H111NO22/c1-52-43-96-84(78(95-48-65-38-26-16-27-39-65)69(52)103-86-80-88(51-97-86,50-92-45-62-32-20-13-21-33-62)111-83(108-80)66-40-28-17-29-41-66)105-73-59(8)100-81(106-76-67(42-53(2)89)98-58(7)74(101-60(9)90)77(76)107-85-79-72(54(3)57(6)99-85)109-87(10,11)110-79)56(5)71(73)104-82-55(4)70(93-46-63-34-22-14-23-35-63)75(94-47-64-36-24-15-25-37-64)68(102-82)49-91-44-61-30-18-12-19-31-61/h12-41,52,54-59,67-86,89H,42-51H2,1-11H3/t52-,54+,55-,56+,57?,58?,59?,67-,68?,69?,70?,71?,72-,73-,74-,75-,76+,77?,78-,79?,80?,81-,82-,83+,84-,85+,86-,88+/m1/s1. The van der Waals surface area contributed by atoms with Gasteiger partial charge >= 0.3 is 5.97 Å². The van der Waals surface area contributed by atoms with Crippen molar-refractivity contribution < 1.29 is 104 Å². The predicted octanol–water partition coefficient (Wildman–Crippen LogP) is 13.1. The van der Waals surface area contributed by atoms with Crippen LogP contribution < -0.4 is 0 Å². The zero-order valence-electron chi connectivity index (χ0n) is 65.5. The minimum Gasteiger partial charge on any atom is -0.457 e. The van der Waals surface area contributed by atoms with E-state index in [1.54, 1.807) is 6.92 Å². The Morgan fingerprint density at radius 3 is 1.50 bits per heavy atom. The van der Waals surface area contributed by atoms with Crippen LogP contribution in [0.15, 0.2) is 182 Å². The summed E-state index contributed by atoms with van der Waals surface area (Å²) in [6.45, 7) is 22.5. The smallest absolute Gasteiger partial charge is 0.303 e. The molecule has 0 spiro atoms. The first-order chi connectivity index (χ1) is 53.7. The van der Waals surface area contributed by atoms with Crippen LogP contribution >= 0.6 is 0 Å². The normalized spacial score (nSPS) is 37.3. The summed E-state index contributed by atoms with van der Waals surface area (Å²) in [5, 5.41) is 9.00. The van der Waals surface area contributed by atoms with E-state index in [0.29, 0.717) is 18.9 Å². The van der Waals surface area contributed by atoms with E-state index in [2.05, 4.69) is 20.8 Å². The Kier molecular flexibility index (Phi) is 27.1. The van der Waals surface area contributed by atoms with Crippen molar-refractivity contribution in [3.05, 3.63) is 215 Å². The number of esters is 1. The number of ether oxygens (including phenoxy) is 21. The molecule has 6 aromatic rings. The Hall–Kier alpha value is -6.34. The van der Waals surface area contributed by atoms with Crippen LogP contribution in [0.4, 0.5) is 0 Å². The van der Waals surface area contributed by atoms with Crippen molar-refractivity contribution in [3.63, 3.8) is 0 Å². The number of rotatable bonds is 31. The van der Waals surface area contributed by atoms with Crippen LogP contribution in [0.2, 0.25) is 0 Å². The summed E-state index contributed by atoms with van der Waals surface area (Å²) in [5.74, 6) is -3.19. The molecule has 1 N–H and O–H groups in total. The monoisotopic (exact) mass is 1530 g/mol. The summed E-state index contributed by atoms with van der Waals surface area (Å²) in [6, 6.07) is 59.8. The van der Waals surface area contributed by atoms with Crippen molar-refractivity contribution in [1.29, 1.82) is 5.41 Å². The van der Waals surface area contributed by atoms with Crippen molar-refractivity contribution in [2.24, 2.45) is 23.7 Å². The molecule has 10 unspecified atom stereocenters. The van der Waals surface area contributed by atoms with Gasteiger partial charge in [-0.15, -0.1) is 0 Å².